The van der Waals surface area contributed by atoms with E-state index in [9.17, 15) is 9.59 Å². The number of nitrogens with zero attached hydrogens (tertiary/aromatic N) is 3. The third-order valence-corrected chi connectivity index (χ3v) is 4.65. The maximum atomic E-state index is 12.8. The molecule has 0 unspecified atom stereocenters. The summed E-state index contributed by atoms with van der Waals surface area (Å²) in [4.78, 5) is 30.2. The number of pyridine rings is 1. The van der Waals surface area contributed by atoms with Crippen molar-refractivity contribution in [1.82, 2.24) is 14.0 Å². The highest BCUT2D eigenvalue weighted by molar-refractivity contribution is 6.06. The van der Waals surface area contributed by atoms with E-state index in [0.717, 1.165) is 16.8 Å². The summed E-state index contributed by atoms with van der Waals surface area (Å²) >= 11 is 0. The van der Waals surface area contributed by atoms with Crippen LogP contribution in [-0.2, 0) is 7.05 Å². The third kappa shape index (κ3) is 2.38. The van der Waals surface area contributed by atoms with Crippen LogP contribution in [0.5, 0.6) is 0 Å². The summed E-state index contributed by atoms with van der Waals surface area (Å²) in [5, 5.41) is 3.33. The quantitative estimate of drug-likeness (QED) is 0.606. The van der Waals surface area contributed by atoms with Crippen molar-refractivity contribution in [3.63, 3.8) is 0 Å². The molecule has 6 heteroatoms. The molecule has 0 spiro atoms. The number of rotatable bonds is 2. The smallest absolute Gasteiger partial charge is 0.272 e. The van der Waals surface area contributed by atoms with Gasteiger partial charge in [-0.05, 0) is 43.2 Å². The Kier molecular flexibility index (Phi) is 3.61. The van der Waals surface area contributed by atoms with Crippen molar-refractivity contribution in [3.05, 3.63) is 75.8 Å². The standard InChI is InChI=1S/C20H18N4O2/c1-12-7-4-5-9-15(12)21-19(25)16-11-14-18(23(16)3)22-17-13(2)8-6-10-24(17)20(14)26/h4-11H,1-3H3,(H,21,25). The van der Waals surface area contributed by atoms with Gasteiger partial charge in [0.2, 0.25) is 0 Å². The molecule has 1 aromatic carbocycles. The van der Waals surface area contributed by atoms with Crippen LogP contribution in [0.4, 0.5) is 5.69 Å². The first-order valence-corrected chi connectivity index (χ1v) is 8.32. The minimum absolute atomic E-state index is 0.181. The number of benzene rings is 1. The van der Waals surface area contributed by atoms with Crippen LogP contribution in [0.15, 0.2) is 53.5 Å². The second-order valence-electron chi connectivity index (χ2n) is 6.40. The van der Waals surface area contributed by atoms with Crippen molar-refractivity contribution in [3.8, 4) is 0 Å². The lowest BCUT2D eigenvalue weighted by atomic mass is 10.2. The second-order valence-corrected chi connectivity index (χ2v) is 6.40. The molecule has 4 rings (SSSR count). The van der Waals surface area contributed by atoms with Crippen molar-refractivity contribution in [1.29, 1.82) is 0 Å². The van der Waals surface area contributed by atoms with Crippen LogP contribution >= 0.6 is 0 Å². The third-order valence-electron chi connectivity index (χ3n) is 4.65. The summed E-state index contributed by atoms with van der Waals surface area (Å²) in [5.41, 5.74) is 3.92. The van der Waals surface area contributed by atoms with Gasteiger partial charge >= 0.3 is 0 Å². The molecule has 0 aliphatic rings. The molecule has 4 aromatic rings. The van der Waals surface area contributed by atoms with Gasteiger partial charge in [-0.15, -0.1) is 0 Å². The van der Waals surface area contributed by atoms with E-state index in [1.54, 1.807) is 23.9 Å². The average molecular weight is 346 g/mol. The molecule has 0 bridgehead atoms. The Labute approximate surface area is 149 Å². The number of nitrogens with one attached hydrogen (secondary N) is 1. The Bertz CT molecular complexity index is 1230. The molecule has 1 N–H and O–H groups in total. The summed E-state index contributed by atoms with van der Waals surface area (Å²) in [5.74, 6) is -0.273. The fraction of sp³-hybridized carbons (Fsp3) is 0.150. The van der Waals surface area contributed by atoms with Gasteiger partial charge in [0.15, 0.2) is 0 Å². The summed E-state index contributed by atoms with van der Waals surface area (Å²) < 4.78 is 3.18. The number of hydrogen-bond acceptors (Lipinski definition) is 3. The summed E-state index contributed by atoms with van der Waals surface area (Å²) in [6, 6.07) is 12.9. The van der Waals surface area contributed by atoms with E-state index >= 15 is 0 Å². The summed E-state index contributed by atoms with van der Waals surface area (Å²) in [7, 11) is 1.75. The van der Waals surface area contributed by atoms with Crippen LogP contribution < -0.4 is 10.9 Å². The highest BCUT2D eigenvalue weighted by atomic mass is 16.2. The van der Waals surface area contributed by atoms with Gasteiger partial charge in [-0.1, -0.05) is 24.3 Å². The van der Waals surface area contributed by atoms with Gasteiger partial charge in [0.05, 0.1) is 5.39 Å². The summed E-state index contributed by atoms with van der Waals surface area (Å²) in [6.07, 6.45) is 1.69. The molecule has 130 valence electrons. The van der Waals surface area contributed by atoms with Crippen LogP contribution in [0.25, 0.3) is 16.7 Å². The van der Waals surface area contributed by atoms with Gasteiger partial charge in [0, 0.05) is 18.9 Å². The lowest BCUT2D eigenvalue weighted by Crippen LogP contribution is -2.16. The number of amides is 1. The van der Waals surface area contributed by atoms with E-state index in [0.29, 0.717) is 22.4 Å². The first-order valence-electron chi connectivity index (χ1n) is 8.32. The van der Waals surface area contributed by atoms with Gasteiger partial charge in [0.25, 0.3) is 11.5 Å². The number of aryl methyl sites for hydroxylation is 3. The zero-order valence-corrected chi connectivity index (χ0v) is 14.8. The molecule has 6 nitrogen and oxygen atoms in total. The zero-order chi connectivity index (χ0) is 18.4. The Morgan fingerprint density at radius 1 is 1.04 bits per heavy atom. The number of para-hydroxylation sites is 1. The molecule has 3 aromatic heterocycles. The monoisotopic (exact) mass is 346 g/mol. The molecule has 26 heavy (non-hydrogen) atoms. The molecule has 0 aliphatic heterocycles. The fourth-order valence-electron chi connectivity index (χ4n) is 3.15. The van der Waals surface area contributed by atoms with E-state index in [1.165, 1.54) is 4.40 Å². The Morgan fingerprint density at radius 3 is 2.54 bits per heavy atom. The molecule has 0 saturated carbocycles. The predicted octanol–water partition coefficient (Wildman–Crippen LogP) is 3.06. The molecule has 0 fully saturated rings. The largest absolute Gasteiger partial charge is 0.324 e. The highest BCUT2D eigenvalue weighted by Crippen LogP contribution is 2.19. The van der Waals surface area contributed by atoms with Crippen molar-refractivity contribution in [2.24, 2.45) is 7.05 Å². The maximum absolute atomic E-state index is 12.8. The van der Waals surface area contributed by atoms with E-state index in [1.807, 2.05) is 50.2 Å². The van der Waals surface area contributed by atoms with Gasteiger partial charge in [0.1, 0.15) is 17.0 Å². The Hall–Kier alpha value is -3.41. The molecular weight excluding hydrogens is 328 g/mol. The van der Waals surface area contributed by atoms with Gasteiger partial charge in [-0.25, -0.2) is 4.98 Å². The fourth-order valence-corrected chi connectivity index (χ4v) is 3.15. The normalized spacial score (nSPS) is 11.2. The topological polar surface area (TPSA) is 68.4 Å². The maximum Gasteiger partial charge on any atom is 0.272 e. The van der Waals surface area contributed by atoms with Gasteiger partial charge in [-0.3, -0.25) is 14.0 Å². The molecule has 0 radical (unpaired) electrons. The molecule has 3 heterocycles. The Balaban J connectivity index is 1.88. The molecule has 0 aliphatic carbocycles. The van der Waals surface area contributed by atoms with Crippen LogP contribution in [0, 0.1) is 13.8 Å². The number of hydrogen-bond donors (Lipinski definition) is 1. The first kappa shape index (κ1) is 16.1. The van der Waals surface area contributed by atoms with E-state index in [4.69, 9.17) is 0 Å². The van der Waals surface area contributed by atoms with Crippen molar-refractivity contribution in [2.45, 2.75) is 13.8 Å². The van der Waals surface area contributed by atoms with Crippen molar-refractivity contribution >= 4 is 28.3 Å². The number of aromatic nitrogens is 3. The lowest BCUT2D eigenvalue weighted by Gasteiger charge is -2.09. The predicted molar refractivity (Wildman–Crippen MR) is 102 cm³/mol. The second kappa shape index (κ2) is 5.84. The van der Waals surface area contributed by atoms with Crippen LogP contribution in [0.2, 0.25) is 0 Å². The van der Waals surface area contributed by atoms with Gasteiger partial charge < -0.3 is 9.88 Å². The zero-order valence-electron chi connectivity index (χ0n) is 14.8. The first-order chi connectivity index (χ1) is 12.5. The average Bonchev–Trinajstić information content (AvgIpc) is 2.96. The Morgan fingerprint density at radius 2 is 1.77 bits per heavy atom. The molecule has 0 saturated heterocycles. The molecular formula is C20H18N4O2. The molecule has 1 amide bonds. The highest BCUT2D eigenvalue weighted by Gasteiger charge is 2.18. The van der Waals surface area contributed by atoms with Gasteiger partial charge in [-0.2, -0.15) is 0 Å². The van der Waals surface area contributed by atoms with Crippen molar-refractivity contribution < 1.29 is 4.79 Å². The molecule has 0 atom stereocenters. The van der Waals surface area contributed by atoms with Crippen LogP contribution in [0.3, 0.4) is 0 Å². The number of fused-ring (bicyclic) bond motifs is 2. The SMILES string of the molecule is Cc1ccccc1NC(=O)c1cc2c(=O)n3cccc(C)c3nc2n1C. The lowest BCUT2D eigenvalue weighted by molar-refractivity contribution is 0.101. The van der Waals surface area contributed by atoms with E-state index < -0.39 is 0 Å². The minimum atomic E-state index is -0.273. The van der Waals surface area contributed by atoms with Crippen LogP contribution in [-0.4, -0.2) is 19.9 Å². The van der Waals surface area contributed by atoms with Crippen molar-refractivity contribution in [2.75, 3.05) is 5.32 Å². The van der Waals surface area contributed by atoms with E-state index in [-0.39, 0.29) is 11.5 Å². The minimum Gasteiger partial charge on any atom is -0.324 e. The number of carbonyl (C=O) groups excluding carboxylic acids is 1. The van der Waals surface area contributed by atoms with E-state index in [2.05, 4.69) is 10.3 Å². The van der Waals surface area contributed by atoms with Crippen LogP contribution in [0.1, 0.15) is 21.6 Å². The number of carbonyl (C=O) groups is 1. The summed E-state index contributed by atoms with van der Waals surface area (Å²) in [6.45, 7) is 3.84. The number of anilines is 1.